The van der Waals surface area contributed by atoms with E-state index in [2.05, 4.69) is 4.98 Å². The summed E-state index contributed by atoms with van der Waals surface area (Å²) in [6.45, 7) is 1.95. The lowest BCUT2D eigenvalue weighted by Crippen LogP contribution is -2.24. The first-order valence-corrected chi connectivity index (χ1v) is 9.29. The maximum absolute atomic E-state index is 12.3. The molecule has 2 rings (SSSR count). The fraction of sp³-hybridized carbons (Fsp3) is 0.769. The van der Waals surface area contributed by atoms with E-state index < -0.39 is 9.84 Å². The van der Waals surface area contributed by atoms with Gasteiger partial charge in [0.1, 0.15) is 0 Å². The van der Waals surface area contributed by atoms with E-state index in [0.29, 0.717) is 12.2 Å². The number of thiazole rings is 1. The van der Waals surface area contributed by atoms with Crippen LogP contribution in [-0.2, 0) is 16.3 Å². The highest BCUT2D eigenvalue weighted by Gasteiger charge is 2.26. The third-order valence-electron chi connectivity index (χ3n) is 3.77. The van der Waals surface area contributed by atoms with Crippen LogP contribution in [0.3, 0.4) is 0 Å². The van der Waals surface area contributed by atoms with Crippen molar-refractivity contribution in [1.82, 2.24) is 4.98 Å². The highest BCUT2D eigenvalue weighted by molar-refractivity contribution is 7.92. The van der Waals surface area contributed by atoms with Gasteiger partial charge in [-0.25, -0.2) is 13.4 Å². The summed E-state index contributed by atoms with van der Waals surface area (Å²) in [5.74, 6) is 0.292. The Morgan fingerprint density at radius 2 is 1.94 bits per heavy atom. The van der Waals surface area contributed by atoms with E-state index in [-0.39, 0.29) is 5.25 Å². The SMILES string of the molecule is Cc1ncsc1CCS(=O)(=O)C1CCCCCC1. The fourth-order valence-corrected chi connectivity index (χ4v) is 5.35. The molecular weight excluding hydrogens is 266 g/mol. The van der Waals surface area contributed by atoms with E-state index in [1.807, 2.05) is 6.92 Å². The maximum Gasteiger partial charge on any atom is 0.153 e. The quantitative estimate of drug-likeness (QED) is 0.799. The van der Waals surface area contributed by atoms with Gasteiger partial charge in [0.2, 0.25) is 0 Å². The third-order valence-corrected chi connectivity index (χ3v) is 7.02. The summed E-state index contributed by atoms with van der Waals surface area (Å²) in [5, 5.41) is -0.0896. The summed E-state index contributed by atoms with van der Waals surface area (Å²) in [6.07, 6.45) is 6.90. The van der Waals surface area contributed by atoms with Crippen molar-refractivity contribution in [3.63, 3.8) is 0 Å². The molecule has 0 N–H and O–H groups in total. The van der Waals surface area contributed by atoms with Crippen LogP contribution in [0.4, 0.5) is 0 Å². The Bertz CT molecular complexity index is 471. The van der Waals surface area contributed by atoms with Crippen LogP contribution >= 0.6 is 11.3 Å². The van der Waals surface area contributed by atoms with Crippen molar-refractivity contribution in [1.29, 1.82) is 0 Å². The van der Waals surface area contributed by atoms with E-state index in [1.54, 1.807) is 16.8 Å². The number of rotatable bonds is 4. The molecule has 0 radical (unpaired) electrons. The van der Waals surface area contributed by atoms with Crippen molar-refractivity contribution >= 4 is 21.2 Å². The highest BCUT2D eigenvalue weighted by Crippen LogP contribution is 2.24. The molecule has 1 aliphatic carbocycles. The van der Waals surface area contributed by atoms with E-state index in [0.717, 1.165) is 36.3 Å². The molecule has 0 saturated heterocycles. The molecule has 0 atom stereocenters. The van der Waals surface area contributed by atoms with Gasteiger partial charge in [-0.15, -0.1) is 11.3 Å². The van der Waals surface area contributed by atoms with Crippen molar-refractivity contribution in [2.24, 2.45) is 0 Å². The van der Waals surface area contributed by atoms with Crippen LogP contribution in [0.25, 0.3) is 0 Å². The molecular formula is C13H21NO2S2. The molecule has 102 valence electrons. The Morgan fingerprint density at radius 1 is 1.28 bits per heavy atom. The lowest BCUT2D eigenvalue weighted by atomic mass is 10.2. The molecule has 1 fully saturated rings. The first-order valence-electron chi connectivity index (χ1n) is 6.70. The summed E-state index contributed by atoms with van der Waals surface area (Å²) in [7, 11) is -2.92. The van der Waals surface area contributed by atoms with Crippen molar-refractivity contribution in [2.75, 3.05) is 5.75 Å². The summed E-state index contributed by atoms with van der Waals surface area (Å²) in [6, 6.07) is 0. The topological polar surface area (TPSA) is 47.0 Å². The molecule has 0 aromatic carbocycles. The summed E-state index contributed by atoms with van der Waals surface area (Å²) in [5.41, 5.74) is 2.78. The summed E-state index contributed by atoms with van der Waals surface area (Å²) in [4.78, 5) is 5.29. The first-order chi connectivity index (χ1) is 8.59. The van der Waals surface area contributed by atoms with Gasteiger partial charge < -0.3 is 0 Å². The zero-order chi connectivity index (χ0) is 13.0. The Kier molecular flexibility index (Phi) is 4.78. The Hall–Kier alpha value is -0.420. The van der Waals surface area contributed by atoms with E-state index >= 15 is 0 Å². The largest absolute Gasteiger partial charge is 0.250 e. The maximum atomic E-state index is 12.3. The van der Waals surface area contributed by atoms with Crippen LogP contribution in [0.1, 0.15) is 49.1 Å². The molecule has 1 saturated carbocycles. The van der Waals surface area contributed by atoms with Crippen LogP contribution in [0.15, 0.2) is 5.51 Å². The minimum absolute atomic E-state index is 0.0896. The summed E-state index contributed by atoms with van der Waals surface area (Å²) >= 11 is 1.57. The van der Waals surface area contributed by atoms with Crippen LogP contribution < -0.4 is 0 Å². The molecule has 1 aliphatic rings. The second-order valence-corrected chi connectivity index (χ2v) is 8.43. The lowest BCUT2D eigenvalue weighted by molar-refractivity contribution is 0.562. The molecule has 18 heavy (non-hydrogen) atoms. The van der Waals surface area contributed by atoms with Gasteiger partial charge in [-0.05, 0) is 26.2 Å². The Balaban J connectivity index is 1.96. The minimum Gasteiger partial charge on any atom is -0.250 e. The van der Waals surface area contributed by atoms with Crippen LogP contribution in [-0.4, -0.2) is 24.4 Å². The molecule has 1 heterocycles. The summed E-state index contributed by atoms with van der Waals surface area (Å²) < 4.78 is 24.7. The molecule has 3 nitrogen and oxygen atoms in total. The molecule has 1 aromatic rings. The van der Waals surface area contributed by atoms with Gasteiger partial charge in [-0.2, -0.15) is 0 Å². The normalized spacial score (nSPS) is 18.7. The van der Waals surface area contributed by atoms with Gasteiger partial charge in [0.25, 0.3) is 0 Å². The van der Waals surface area contributed by atoms with Gasteiger partial charge in [0.15, 0.2) is 9.84 Å². The van der Waals surface area contributed by atoms with E-state index in [1.165, 1.54) is 12.8 Å². The van der Waals surface area contributed by atoms with Gasteiger partial charge >= 0.3 is 0 Å². The molecule has 0 unspecified atom stereocenters. The minimum atomic E-state index is -2.92. The lowest BCUT2D eigenvalue weighted by Gasteiger charge is -2.14. The van der Waals surface area contributed by atoms with Crippen LogP contribution in [0, 0.1) is 6.92 Å². The number of hydrogen-bond donors (Lipinski definition) is 0. The number of sulfone groups is 1. The van der Waals surface area contributed by atoms with Gasteiger partial charge in [-0.3, -0.25) is 0 Å². The smallest absolute Gasteiger partial charge is 0.153 e. The van der Waals surface area contributed by atoms with Crippen LogP contribution in [0.5, 0.6) is 0 Å². The van der Waals surface area contributed by atoms with Gasteiger partial charge in [-0.1, -0.05) is 25.7 Å². The number of aryl methyl sites for hydroxylation is 2. The molecule has 0 aliphatic heterocycles. The predicted octanol–water partition coefficient (Wildman–Crippen LogP) is 3.13. The highest BCUT2D eigenvalue weighted by atomic mass is 32.2. The number of nitrogens with zero attached hydrogens (tertiary/aromatic N) is 1. The van der Waals surface area contributed by atoms with Crippen molar-refractivity contribution in [3.8, 4) is 0 Å². The average Bonchev–Trinajstić information content (AvgIpc) is 2.59. The third kappa shape index (κ3) is 3.54. The second-order valence-electron chi connectivity index (χ2n) is 5.09. The monoisotopic (exact) mass is 287 g/mol. The number of aromatic nitrogens is 1. The molecule has 0 spiro atoms. The van der Waals surface area contributed by atoms with Gasteiger partial charge in [0.05, 0.1) is 22.2 Å². The Labute approximate surface area is 114 Å². The van der Waals surface area contributed by atoms with E-state index in [9.17, 15) is 8.42 Å². The number of hydrogen-bond acceptors (Lipinski definition) is 4. The molecule has 5 heteroatoms. The van der Waals surface area contributed by atoms with Crippen LogP contribution in [0.2, 0.25) is 0 Å². The zero-order valence-corrected chi connectivity index (χ0v) is 12.5. The van der Waals surface area contributed by atoms with Crippen molar-refractivity contribution in [2.45, 2.75) is 57.1 Å². The standard InChI is InChI=1S/C13H21NO2S2/c1-11-13(17-10-14-11)8-9-18(15,16)12-6-4-2-3-5-7-12/h10,12H,2-9H2,1H3. The predicted molar refractivity (Wildman–Crippen MR) is 75.8 cm³/mol. The zero-order valence-electron chi connectivity index (χ0n) is 10.9. The Morgan fingerprint density at radius 3 is 2.50 bits per heavy atom. The molecule has 0 bridgehead atoms. The fourth-order valence-electron chi connectivity index (χ4n) is 2.57. The van der Waals surface area contributed by atoms with Gasteiger partial charge in [0, 0.05) is 4.88 Å². The van der Waals surface area contributed by atoms with Crippen molar-refractivity contribution < 1.29 is 8.42 Å². The van der Waals surface area contributed by atoms with Crippen molar-refractivity contribution in [3.05, 3.63) is 16.1 Å². The van der Waals surface area contributed by atoms with E-state index in [4.69, 9.17) is 0 Å². The second kappa shape index (κ2) is 6.15. The average molecular weight is 287 g/mol. The first kappa shape index (κ1) is 14.0. The molecule has 0 amide bonds. The molecule has 1 aromatic heterocycles.